The Morgan fingerprint density at radius 1 is 1.24 bits per heavy atom. The van der Waals surface area contributed by atoms with Crippen LogP contribution in [0.5, 0.6) is 0 Å². The quantitative estimate of drug-likeness (QED) is 0.712. The number of aryl methyl sites for hydroxylation is 2. The first kappa shape index (κ1) is 14.5. The highest BCUT2D eigenvalue weighted by molar-refractivity contribution is 7.18. The van der Waals surface area contributed by atoms with E-state index in [4.69, 9.17) is 23.2 Å². The van der Waals surface area contributed by atoms with Gasteiger partial charge in [0.2, 0.25) is 0 Å². The van der Waals surface area contributed by atoms with Crippen molar-refractivity contribution < 1.29 is 0 Å². The normalized spacial score (nSPS) is 11.2. The minimum Gasteiger partial charge on any atom is -0.267 e. The van der Waals surface area contributed by atoms with E-state index in [1.807, 2.05) is 13.8 Å². The van der Waals surface area contributed by atoms with Crippen LogP contribution in [0.4, 0.5) is 0 Å². The Kier molecular flexibility index (Phi) is 3.73. The molecule has 3 aromatic rings. The largest absolute Gasteiger partial charge is 0.279 e. The number of rotatable bonds is 2. The monoisotopic (exact) mass is 339 g/mol. The van der Waals surface area contributed by atoms with E-state index >= 15 is 0 Å². The molecule has 0 aliphatic heterocycles. The molecule has 0 saturated carbocycles. The van der Waals surface area contributed by atoms with Crippen LogP contribution in [0, 0.1) is 13.8 Å². The van der Waals surface area contributed by atoms with Crippen LogP contribution in [0.25, 0.3) is 10.2 Å². The SMILES string of the molecule is Cc1sc2nnn(Cc3c(Cl)cccc3Cl)c(=O)c2c1C. The van der Waals surface area contributed by atoms with E-state index in [2.05, 4.69) is 10.3 Å². The molecule has 0 saturated heterocycles. The van der Waals surface area contributed by atoms with E-state index in [-0.39, 0.29) is 12.1 Å². The lowest BCUT2D eigenvalue weighted by molar-refractivity contribution is 0.602. The van der Waals surface area contributed by atoms with Gasteiger partial charge in [0.15, 0.2) is 4.83 Å². The zero-order valence-corrected chi connectivity index (χ0v) is 13.7. The second kappa shape index (κ2) is 5.40. The summed E-state index contributed by atoms with van der Waals surface area (Å²) in [5, 5.41) is 9.75. The van der Waals surface area contributed by atoms with E-state index in [1.54, 1.807) is 18.2 Å². The van der Waals surface area contributed by atoms with Crippen LogP contribution in [0.1, 0.15) is 16.0 Å². The van der Waals surface area contributed by atoms with Crippen molar-refractivity contribution in [2.75, 3.05) is 0 Å². The van der Waals surface area contributed by atoms with Gasteiger partial charge in [-0.25, -0.2) is 4.68 Å². The number of nitrogens with zero attached hydrogens (tertiary/aromatic N) is 3. The molecule has 0 amide bonds. The van der Waals surface area contributed by atoms with Gasteiger partial charge in [-0.05, 0) is 31.5 Å². The molecule has 0 radical (unpaired) electrons. The highest BCUT2D eigenvalue weighted by Gasteiger charge is 2.15. The fraction of sp³-hybridized carbons (Fsp3) is 0.214. The highest BCUT2D eigenvalue weighted by atomic mass is 35.5. The topological polar surface area (TPSA) is 47.8 Å². The van der Waals surface area contributed by atoms with E-state index in [9.17, 15) is 4.79 Å². The van der Waals surface area contributed by atoms with Gasteiger partial charge in [0.05, 0.1) is 11.9 Å². The molecular formula is C14H11Cl2N3OS. The Labute approximate surface area is 134 Å². The summed E-state index contributed by atoms with van der Waals surface area (Å²) in [7, 11) is 0. The maximum atomic E-state index is 12.6. The highest BCUT2D eigenvalue weighted by Crippen LogP contribution is 2.26. The second-order valence-electron chi connectivity index (χ2n) is 4.72. The molecule has 2 heterocycles. The molecule has 108 valence electrons. The van der Waals surface area contributed by atoms with Crippen molar-refractivity contribution in [1.29, 1.82) is 0 Å². The summed E-state index contributed by atoms with van der Waals surface area (Å²) in [5.41, 5.74) is 1.45. The molecule has 0 aliphatic rings. The average molecular weight is 340 g/mol. The van der Waals surface area contributed by atoms with Gasteiger partial charge in [-0.3, -0.25) is 4.79 Å². The summed E-state index contributed by atoms with van der Waals surface area (Å²) in [4.78, 5) is 14.3. The number of thiophene rings is 1. The van der Waals surface area contributed by atoms with Gasteiger partial charge in [0, 0.05) is 20.5 Å². The third-order valence-corrected chi connectivity index (χ3v) is 5.23. The van der Waals surface area contributed by atoms with Crippen LogP contribution in [-0.2, 0) is 6.54 Å². The molecule has 21 heavy (non-hydrogen) atoms. The van der Waals surface area contributed by atoms with E-state index < -0.39 is 0 Å². The molecule has 2 aromatic heterocycles. The molecule has 7 heteroatoms. The van der Waals surface area contributed by atoms with Crippen LogP contribution in [-0.4, -0.2) is 15.0 Å². The smallest absolute Gasteiger partial charge is 0.267 e. The molecule has 1 aromatic carbocycles. The summed E-state index contributed by atoms with van der Waals surface area (Å²) >= 11 is 13.8. The molecule has 0 unspecified atom stereocenters. The van der Waals surface area contributed by atoms with Gasteiger partial charge in [0.25, 0.3) is 5.56 Å². The third kappa shape index (κ3) is 2.46. The van der Waals surface area contributed by atoms with Crippen LogP contribution in [0.3, 0.4) is 0 Å². The third-order valence-electron chi connectivity index (χ3n) is 3.43. The Morgan fingerprint density at radius 2 is 1.90 bits per heavy atom. The zero-order valence-electron chi connectivity index (χ0n) is 11.4. The first-order valence-corrected chi connectivity index (χ1v) is 7.82. The van der Waals surface area contributed by atoms with E-state index in [0.29, 0.717) is 25.8 Å². The zero-order chi connectivity index (χ0) is 15.1. The van der Waals surface area contributed by atoms with Gasteiger partial charge < -0.3 is 0 Å². The van der Waals surface area contributed by atoms with Gasteiger partial charge in [-0.1, -0.05) is 34.5 Å². The van der Waals surface area contributed by atoms with Gasteiger partial charge in [0.1, 0.15) is 0 Å². The lowest BCUT2D eigenvalue weighted by atomic mass is 10.2. The van der Waals surface area contributed by atoms with E-state index in [1.165, 1.54) is 16.0 Å². The first-order valence-electron chi connectivity index (χ1n) is 6.25. The fourth-order valence-electron chi connectivity index (χ4n) is 2.13. The molecule has 0 spiro atoms. The summed E-state index contributed by atoms with van der Waals surface area (Å²) in [6.45, 7) is 4.09. The maximum Gasteiger partial charge on any atom is 0.279 e. The average Bonchev–Trinajstić information content (AvgIpc) is 2.73. The van der Waals surface area contributed by atoms with Crippen LogP contribution < -0.4 is 5.56 Å². The predicted octanol–water partition coefficient (Wildman–Crippen LogP) is 3.82. The lowest BCUT2D eigenvalue weighted by Crippen LogP contribution is -2.25. The fourth-order valence-corrected chi connectivity index (χ4v) is 3.61. The standard InChI is InChI=1S/C14H11Cl2N3OS/c1-7-8(2)21-13-12(7)14(20)19(18-17-13)6-9-10(15)4-3-5-11(9)16/h3-5H,6H2,1-2H3. The van der Waals surface area contributed by atoms with Crippen molar-refractivity contribution >= 4 is 44.8 Å². The minimum absolute atomic E-state index is 0.169. The maximum absolute atomic E-state index is 12.6. The van der Waals surface area contributed by atoms with Crippen LogP contribution in [0.15, 0.2) is 23.0 Å². The molecule has 0 bridgehead atoms. The van der Waals surface area contributed by atoms with Gasteiger partial charge in [-0.15, -0.1) is 16.4 Å². The van der Waals surface area contributed by atoms with Crippen molar-refractivity contribution in [1.82, 2.24) is 15.0 Å². The lowest BCUT2D eigenvalue weighted by Gasteiger charge is -2.07. The molecule has 0 fully saturated rings. The van der Waals surface area contributed by atoms with Crippen molar-refractivity contribution in [2.24, 2.45) is 0 Å². The number of hydrogen-bond donors (Lipinski definition) is 0. The van der Waals surface area contributed by atoms with Gasteiger partial charge >= 0.3 is 0 Å². The molecule has 0 N–H and O–H groups in total. The van der Waals surface area contributed by atoms with Crippen LogP contribution >= 0.6 is 34.5 Å². The van der Waals surface area contributed by atoms with Crippen molar-refractivity contribution in [2.45, 2.75) is 20.4 Å². The Balaban J connectivity index is 2.16. The minimum atomic E-state index is -0.169. The van der Waals surface area contributed by atoms with Crippen molar-refractivity contribution in [3.63, 3.8) is 0 Å². The second-order valence-corrected chi connectivity index (χ2v) is 6.73. The Morgan fingerprint density at radius 3 is 2.57 bits per heavy atom. The number of fused-ring (bicyclic) bond motifs is 1. The Hall–Kier alpha value is -1.43. The summed E-state index contributed by atoms with van der Waals surface area (Å²) in [6, 6.07) is 5.23. The first-order chi connectivity index (χ1) is 9.99. The predicted molar refractivity (Wildman–Crippen MR) is 86.7 cm³/mol. The molecule has 0 atom stereocenters. The number of benzene rings is 1. The Bertz CT molecular complexity index is 881. The molecule has 3 rings (SSSR count). The molecular weight excluding hydrogens is 329 g/mol. The number of aromatic nitrogens is 3. The van der Waals surface area contributed by atoms with Crippen molar-refractivity contribution in [3.8, 4) is 0 Å². The van der Waals surface area contributed by atoms with Crippen molar-refractivity contribution in [3.05, 3.63) is 54.6 Å². The summed E-state index contributed by atoms with van der Waals surface area (Å²) in [6.07, 6.45) is 0. The summed E-state index contributed by atoms with van der Waals surface area (Å²) in [5.74, 6) is 0. The number of hydrogen-bond acceptors (Lipinski definition) is 4. The van der Waals surface area contributed by atoms with Gasteiger partial charge in [-0.2, -0.15) is 0 Å². The van der Waals surface area contributed by atoms with Crippen LogP contribution in [0.2, 0.25) is 10.0 Å². The molecule has 4 nitrogen and oxygen atoms in total. The number of halogens is 2. The summed E-state index contributed by atoms with van der Waals surface area (Å²) < 4.78 is 1.30. The molecule has 0 aliphatic carbocycles. The van der Waals surface area contributed by atoms with E-state index in [0.717, 1.165) is 10.4 Å².